The maximum absolute atomic E-state index is 11.0. The van der Waals surface area contributed by atoms with E-state index in [1.807, 2.05) is 6.07 Å². The first-order valence-electron chi connectivity index (χ1n) is 6.62. The van der Waals surface area contributed by atoms with E-state index in [9.17, 15) is 4.79 Å². The fraction of sp³-hybridized carbons (Fsp3) is 0.312. The predicted molar refractivity (Wildman–Crippen MR) is 77.7 cm³/mol. The number of rotatable bonds is 3. The number of fused-ring (bicyclic) bond motifs is 1. The maximum Gasteiger partial charge on any atom is 0.303 e. The lowest BCUT2D eigenvalue weighted by Crippen LogP contribution is -2.13. The molecule has 1 aromatic heterocycles. The highest BCUT2D eigenvalue weighted by Crippen LogP contribution is 2.37. The van der Waals surface area contributed by atoms with E-state index in [0.717, 1.165) is 19.3 Å². The molecule has 2 nitrogen and oxygen atoms in total. The van der Waals surface area contributed by atoms with E-state index in [-0.39, 0.29) is 12.3 Å². The minimum Gasteiger partial charge on any atom is -0.481 e. The summed E-state index contributed by atoms with van der Waals surface area (Å²) >= 11 is 1.73. The molecule has 1 N–H and O–H groups in total. The van der Waals surface area contributed by atoms with Gasteiger partial charge in [-0.1, -0.05) is 18.2 Å². The van der Waals surface area contributed by atoms with Crippen molar-refractivity contribution in [2.45, 2.75) is 31.6 Å². The number of carboxylic acid groups (broad SMARTS) is 1. The Bertz CT molecular complexity index is 587. The summed E-state index contributed by atoms with van der Waals surface area (Å²) in [6.45, 7) is 0. The standard InChI is InChI=1S/C16H16O2S/c17-16(18)10-12-4-1-3-11-6-7-13(9-14(11)12)15-5-2-8-19-15/h2,5-9,12H,1,3-4,10H2,(H,17,18). The van der Waals surface area contributed by atoms with Crippen LogP contribution in [-0.4, -0.2) is 11.1 Å². The Kier molecular flexibility index (Phi) is 3.38. The van der Waals surface area contributed by atoms with Gasteiger partial charge in [0.05, 0.1) is 6.42 Å². The van der Waals surface area contributed by atoms with Crippen LogP contribution >= 0.6 is 11.3 Å². The summed E-state index contributed by atoms with van der Waals surface area (Å²) in [4.78, 5) is 12.2. The van der Waals surface area contributed by atoms with Crippen molar-refractivity contribution in [1.82, 2.24) is 0 Å². The Morgan fingerprint density at radius 2 is 2.26 bits per heavy atom. The van der Waals surface area contributed by atoms with Crippen LogP contribution in [-0.2, 0) is 11.2 Å². The van der Waals surface area contributed by atoms with Crippen LogP contribution in [0.15, 0.2) is 35.7 Å². The molecule has 0 saturated heterocycles. The molecule has 1 heterocycles. The SMILES string of the molecule is O=C(O)CC1CCCc2ccc(-c3cccs3)cc21. The van der Waals surface area contributed by atoms with Gasteiger partial charge in [-0.25, -0.2) is 0 Å². The molecule has 0 saturated carbocycles. The molecular formula is C16H16O2S. The minimum atomic E-state index is -0.695. The molecule has 0 amide bonds. The van der Waals surface area contributed by atoms with E-state index < -0.39 is 5.97 Å². The third kappa shape index (κ3) is 2.56. The van der Waals surface area contributed by atoms with Crippen LogP contribution in [0.5, 0.6) is 0 Å². The Hall–Kier alpha value is -1.61. The lowest BCUT2D eigenvalue weighted by Gasteiger charge is -2.25. The summed E-state index contributed by atoms with van der Waals surface area (Å²) in [6.07, 6.45) is 3.42. The Morgan fingerprint density at radius 1 is 1.37 bits per heavy atom. The molecule has 98 valence electrons. The Labute approximate surface area is 116 Å². The van der Waals surface area contributed by atoms with Crippen LogP contribution < -0.4 is 0 Å². The van der Waals surface area contributed by atoms with Crippen LogP contribution in [0.2, 0.25) is 0 Å². The first-order chi connectivity index (χ1) is 9.24. The van der Waals surface area contributed by atoms with Gasteiger partial charge >= 0.3 is 5.97 Å². The molecular weight excluding hydrogens is 256 g/mol. The van der Waals surface area contributed by atoms with Crippen LogP contribution in [0.1, 0.15) is 36.3 Å². The zero-order valence-electron chi connectivity index (χ0n) is 10.6. The van der Waals surface area contributed by atoms with E-state index in [0.29, 0.717) is 0 Å². The maximum atomic E-state index is 11.0. The van der Waals surface area contributed by atoms with Crippen LogP contribution in [0.4, 0.5) is 0 Å². The number of carboxylic acids is 1. The van der Waals surface area contributed by atoms with Crippen molar-refractivity contribution < 1.29 is 9.90 Å². The second kappa shape index (κ2) is 5.17. The second-order valence-corrected chi connectivity index (χ2v) is 6.03. The first-order valence-corrected chi connectivity index (χ1v) is 7.50. The fourth-order valence-electron chi connectivity index (χ4n) is 2.92. The van der Waals surface area contributed by atoms with Crippen LogP contribution in [0.25, 0.3) is 10.4 Å². The third-order valence-electron chi connectivity index (χ3n) is 3.81. The molecule has 3 heteroatoms. The summed E-state index contributed by atoms with van der Waals surface area (Å²) in [6, 6.07) is 10.7. The van der Waals surface area contributed by atoms with Gasteiger partial charge in [-0.15, -0.1) is 11.3 Å². The number of hydrogen-bond donors (Lipinski definition) is 1. The zero-order chi connectivity index (χ0) is 13.2. The summed E-state index contributed by atoms with van der Waals surface area (Å²) in [7, 11) is 0. The summed E-state index contributed by atoms with van der Waals surface area (Å²) in [5, 5.41) is 11.1. The molecule has 0 spiro atoms. The van der Waals surface area contributed by atoms with Crippen molar-refractivity contribution in [3.8, 4) is 10.4 Å². The number of thiophene rings is 1. The van der Waals surface area contributed by atoms with Crippen molar-refractivity contribution in [3.05, 3.63) is 46.8 Å². The molecule has 1 atom stereocenters. The monoisotopic (exact) mass is 272 g/mol. The van der Waals surface area contributed by atoms with Gasteiger partial charge in [-0.2, -0.15) is 0 Å². The number of carbonyl (C=O) groups is 1. The van der Waals surface area contributed by atoms with E-state index >= 15 is 0 Å². The summed E-state index contributed by atoms with van der Waals surface area (Å²) < 4.78 is 0. The van der Waals surface area contributed by atoms with Crippen molar-refractivity contribution in [3.63, 3.8) is 0 Å². The molecule has 2 aromatic rings. The first kappa shape index (κ1) is 12.4. The van der Waals surface area contributed by atoms with Crippen molar-refractivity contribution in [2.24, 2.45) is 0 Å². The fourth-order valence-corrected chi connectivity index (χ4v) is 3.64. The molecule has 0 radical (unpaired) electrons. The van der Waals surface area contributed by atoms with Gasteiger partial charge in [-0.3, -0.25) is 4.79 Å². The topological polar surface area (TPSA) is 37.3 Å². The Balaban J connectivity index is 1.99. The van der Waals surface area contributed by atoms with E-state index in [2.05, 4.69) is 29.6 Å². The van der Waals surface area contributed by atoms with Gasteiger partial charge in [0.1, 0.15) is 0 Å². The normalized spacial score (nSPS) is 18.0. The molecule has 0 aliphatic heterocycles. The number of aryl methyl sites for hydroxylation is 1. The predicted octanol–water partition coefficient (Wildman–Crippen LogP) is 4.31. The van der Waals surface area contributed by atoms with Gasteiger partial charge < -0.3 is 5.11 Å². The zero-order valence-corrected chi connectivity index (χ0v) is 11.5. The summed E-state index contributed by atoms with van der Waals surface area (Å²) in [5.74, 6) is -0.513. The Morgan fingerprint density at radius 3 is 3.00 bits per heavy atom. The van der Waals surface area contributed by atoms with Crippen molar-refractivity contribution in [1.29, 1.82) is 0 Å². The van der Waals surface area contributed by atoms with Gasteiger partial charge in [0.2, 0.25) is 0 Å². The minimum absolute atomic E-state index is 0.182. The van der Waals surface area contributed by atoms with Crippen molar-refractivity contribution in [2.75, 3.05) is 0 Å². The quantitative estimate of drug-likeness (QED) is 0.904. The average Bonchev–Trinajstić information content (AvgIpc) is 2.92. The number of hydrogen-bond acceptors (Lipinski definition) is 2. The molecule has 0 fully saturated rings. The highest BCUT2D eigenvalue weighted by atomic mass is 32.1. The lowest BCUT2D eigenvalue weighted by molar-refractivity contribution is -0.137. The van der Waals surface area contributed by atoms with Gasteiger partial charge in [0.25, 0.3) is 0 Å². The van der Waals surface area contributed by atoms with Crippen LogP contribution in [0, 0.1) is 0 Å². The molecule has 1 aliphatic rings. The summed E-state index contributed by atoms with van der Waals surface area (Å²) in [5.41, 5.74) is 3.79. The average molecular weight is 272 g/mol. The largest absolute Gasteiger partial charge is 0.481 e. The van der Waals surface area contributed by atoms with Crippen molar-refractivity contribution >= 4 is 17.3 Å². The van der Waals surface area contributed by atoms with E-state index in [1.54, 1.807) is 11.3 Å². The van der Waals surface area contributed by atoms with Gasteiger partial charge in [-0.05, 0) is 59.4 Å². The van der Waals surface area contributed by atoms with Gasteiger partial charge in [0.15, 0.2) is 0 Å². The molecule has 1 aromatic carbocycles. The van der Waals surface area contributed by atoms with Gasteiger partial charge in [0, 0.05) is 4.88 Å². The molecule has 3 rings (SSSR count). The lowest BCUT2D eigenvalue weighted by atomic mass is 9.80. The smallest absolute Gasteiger partial charge is 0.303 e. The third-order valence-corrected chi connectivity index (χ3v) is 4.73. The number of aliphatic carboxylic acids is 1. The second-order valence-electron chi connectivity index (χ2n) is 5.08. The molecule has 0 bridgehead atoms. The molecule has 1 aliphatic carbocycles. The number of benzene rings is 1. The highest BCUT2D eigenvalue weighted by molar-refractivity contribution is 7.13. The van der Waals surface area contributed by atoms with E-state index in [1.165, 1.54) is 21.6 Å². The van der Waals surface area contributed by atoms with Crippen LogP contribution in [0.3, 0.4) is 0 Å². The molecule has 1 unspecified atom stereocenters. The van der Waals surface area contributed by atoms with E-state index in [4.69, 9.17) is 5.11 Å². The molecule has 19 heavy (non-hydrogen) atoms. The highest BCUT2D eigenvalue weighted by Gasteiger charge is 2.22.